The van der Waals surface area contributed by atoms with Gasteiger partial charge in [-0.15, -0.1) is 0 Å². The minimum Gasteiger partial charge on any atom is -0.376 e. The maximum Gasteiger partial charge on any atom is 0.224 e. The predicted octanol–water partition coefficient (Wildman–Crippen LogP) is 2.87. The first-order valence-corrected chi connectivity index (χ1v) is 6.29. The van der Waals surface area contributed by atoms with Gasteiger partial charge in [-0.2, -0.15) is 4.98 Å². The summed E-state index contributed by atoms with van der Waals surface area (Å²) in [5, 5.41) is 3.48. The molecule has 2 rings (SSSR count). The molecule has 0 amide bonds. The third-order valence-corrected chi connectivity index (χ3v) is 3.75. The molecular formula is C10H13BrClN3O. The molecule has 1 saturated carbocycles. The van der Waals surface area contributed by atoms with Crippen molar-refractivity contribution in [3.63, 3.8) is 0 Å². The Labute approximate surface area is 108 Å². The Balaban J connectivity index is 2.01. The number of rotatable bonds is 4. The number of hydrogen-bond donors (Lipinski definition) is 1. The van der Waals surface area contributed by atoms with Crippen molar-refractivity contribution in [2.75, 3.05) is 19.0 Å². The summed E-state index contributed by atoms with van der Waals surface area (Å²) in [7, 11) is 1.75. The lowest BCUT2D eigenvalue weighted by Crippen LogP contribution is -2.45. The highest BCUT2D eigenvalue weighted by molar-refractivity contribution is 9.10. The Morgan fingerprint density at radius 2 is 2.38 bits per heavy atom. The molecule has 1 heterocycles. The predicted molar refractivity (Wildman–Crippen MR) is 66.8 cm³/mol. The molecule has 0 atom stereocenters. The number of anilines is 1. The summed E-state index contributed by atoms with van der Waals surface area (Å²) in [5.74, 6) is 0.711. The smallest absolute Gasteiger partial charge is 0.224 e. The van der Waals surface area contributed by atoms with E-state index < -0.39 is 0 Å². The van der Waals surface area contributed by atoms with Crippen molar-refractivity contribution in [3.05, 3.63) is 16.0 Å². The van der Waals surface area contributed by atoms with E-state index in [2.05, 4.69) is 31.2 Å². The number of aromatic nitrogens is 2. The number of nitrogens with zero attached hydrogens (tertiary/aromatic N) is 2. The van der Waals surface area contributed by atoms with Crippen molar-refractivity contribution in [3.8, 4) is 0 Å². The molecule has 6 heteroatoms. The van der Waals surface area contributed by atoms with Crippen molar-refractivity contribution in [2.24, 2.45) is 0 Å². The van der Waals surface area contributed by atoms with Gasteiger partial charge in [-0.25, -0.2) is 4.98 Å². The van der Waals surface area contributed by atoms with Gasteiger partial charge in [0.05, 0.1) is 10.1 Å². The van der Waals surface area contributed by atoms with Crippen LogP contribution in [0.4, 0.5) is 5.82 Å². The summed E-state index contributed by atoms with van der Waals surface area (Å²) < 4.78 is 6.32. The van der Waals surface area contributed by atoms with Gasteiger partial charge in [0.15, 0.2) is 0 Å². The topological polar surface area (TPSA) is 47.0 Å². The van der Waals surface area contributed by atoms with Gasteiger partial charge < -0.3 is 10.1 Å². The summed E-state index contributed by atoms with van der Waals surface area (Å²) in [4.78, 5) is 7.98. The van der Waals surface area contributed by atoms with Crippen LogP contribution in [0.2, 0.25) is 5.28 Å². The average Bonchev–Trinajstić information content (AvgIpc) is 2.22. The third-order valence-electron chi connectivity index (χ3n) is 2.99. The molecule has 0 radical (unpaired) electrons. The van der Waals surface area contributed by atoms with E-state index in [0.717, 1.165) is 23.9 Å². The Hall–Kier alpha value is -0.390. The van der Waals surface area contributed by atoms with E-state index in [9.17, 15) is 0 Å². The molecule has 0 aliphatic heterocycles. The molecule has 88 valence electrons. The molecule has 0 bridgehead atoms. The number of halogens is 2. The second-order valence-corrected chi connectivity index (χ2v) is 5.12. The van der Waals surface area contributed by atoms with Gasteiger partial charge in [0.1, 0.15) is 5.82 Å². The number of methoxy groups -OCH3 is 1. The van der Waals surface area contributed by atoms with Gasteiger partial charge in [0, 0.05) is 19.9 Å². The normalized spacial score (nSPS) is 17.9. The highest BCUT2D eigenvalue weighted by Crippen LogP contribution is 2.35. The van der Waals surface area contributed by atoms with Crippen molar-refractivity contribution >= 4 is 33.3 Å². The summed E-state index contributed by atoms with van der Waals surface area (Å²) >= 11 is 9.11. The van der Waals surface area contributed by atoms with Crippen molar-refractivity contribution in [2.45, 2.75) is 24.9 Å². The highest BCUT2D eigenvalue weighted by atomic mass is 79.9. The zero-order valence-electron chi connectivity index (χ0n) is 8.96. The minimum absolute atomic E-state index is 0.0309. The van der Waals surface area contributed by atoms with E-state index in [1.807, 2.05) is 0 Å². The van der Waals surface area contributed by atoms with Crippen LogP contribution in [0.15, 0.2) is 10.7 Å². The summed E-state index contributed by atoms with van der Waals surface area (Å²) in [6.07, 6.45) is 5.04. The second-order valence-electron chi connectivity index (χ2n) is 3.93. The third kappa shape index (κ3) is 2.47. The molecule has 0 spiro atoms. The van der Waals surface area contributed by atoms with Crippen LogP contribution in [-0.4, -0.2) is 29.2 Å². The number of ether oxygens (including phenoxy) is 1. The van der Waals surface area contributed by atoms with Crippen molar-refractivity contribution in [1.29, 1.82) is 0 Å². The lowest BCUT2D eigenvalue weighted by molar-refractivity contribution is -0.0601. The fourth-order valence-corrected chi connectivity index (χ4v) is 2.20. The Morgan fingerprint density at radius 3 is 2.94 bits per heavy atom. The maximum atomic E-state index is 5.73. The van der Waals surface area contributed by atoms with Crippen molar-refractivity contribution < 1.29 is 4.74 Å². The quantitative estimate of drug-likeness (QED) is 0.869. The zero-order chi connectivity index (χ0) is 11.6. The molecule has 1 aliphatic carbocycles. The fourth-order valence-electron chi connectivity index (χ4n) is 1.74. The molecule has 1 aliphatic rings. The molecule has 0 saturated heterocycles. The zero-order valence-corrected chi connectivity index (χ0v) is 11.3. The average molecular weight is 307 g/mol. The standard InChI is InChI=1S/C10H13BrClN3O/c1-16-10(3-2-4-10)6-14-8-7(11)5-13-9(12)15-8/h5H,2-4,6H2,1H3,(H,13,14,15). The Kier molecular flexibility index (Phi) is 3.66. The molecule has 1 N–H and O–H groups in total. The highest BCUT2D eigenvalue weighted by Gasteiger charge is 2.36. The fraction of sp³-hybridized carbons (Fsp3) is 0.600. The van der Waals surface area contributed by atoms with E-state index in [1.54, 1.807) is 13.3 Å². The maximum absolute atomic E-state index is 5.73. The molecule has 1 fully saturated rings. The largest absolute Gasteiger partial charge is 0.376 e. The summed E-state index contributed by atoms with van der Waals surface area (Å²) in [6.45, 7) is 0.745. The van der Waals surface area contributed by atoms with Crippen LogP contribution in [-0.2, 0) is 4.74 Å². The number of nitrogens with one attached hydrogen (secondary N) is 1. The molecule has 0 unspecified atom stereocenters. The first kappa shape index (κ1) is 12.1. The van der Waals surface area contributed by atoms with Gasteiger partial charge in [-0.1, -0.05) is 0 Å². The van der Waals surface area contributed by atoms with Crippen LogP contribution >= 0.6 is 27.5 Å². The van der Waals surface area contributed by atoms with Crippen molar-refractivity contribution in [1.82, 2.24) is 9.97 Å². The SMILES string of the molecule is COC1(CNc2nc(Cl)ncc2Br)CCC1. The van der Waals surface area contributed by atoms with Crippen LogP contribution in [0.5, 0.6) is 0 Å². The van der Waals surface area contributed by atoms with Crippen LogP contribution in [0.25, 0.3) is 0 Å². The van der Waals surface area contributed by atoms with Crippen LogP contribution < -0.4 is 5.32 Å². The first-order chi connectivity index (χ1) is 7.65. The number of hydrogen-bond acceptors (Lipinski definition) is 4. The van der Waals surface area contributed by atoms with E-state index in [1.165, 1.54) is 6.42 Å². The molecule has 0 aromatic carbocycles. The molecular weight excluding hydrogens is 293 g/mol. The lowest BCUT2D eigenvalue weighted by Gasteiger charge is -2.40. The Bertz CT molecular complexity index is 379. The molecule has 1 aromatic rings. The Morgan fingerprint density at radius 1 is 1.62 bits per heavy atom. The molecule has 4 nitrogen and oxygen atoms in total. The molecule has 1 aromatic heterocycles. The molecule has 16 heavy (non-hydrogen) atoms. The second kappa shape index (κ2) is 4.85. The lowest BCUT2D eigenvalue weighted by atomic mass is 9.80. The van der Waals surface area contributed by atoms with E-state index in [0.29, 0.717) is 5.82 Å². The van der Waals surface area contributed by atoms with Gasteiger partial charge in [-0.3, -0.25) is 0 Å². The van der Waals surface area contributed by atoms with Gasteiger partial charge in [0.2, 0.25) is 5.28 Å². The van der Waals surface area contributed by atoms with E-state index >= 15 is 0 Å². The van der Waals surface area contributed by atoms with Gasteiger partial charge in [-0.05, 0) is 46.8 Å². The van der Waals surface area contributed by atoms with E-state index in [4.69, 9.17) is 16.3 Å². The van der Waals surface area contributed by atoms with Crippen LogP contribution in [0.1, 0.15) is 19.3 Å². The minimum atomic E-state index is -0.0309. The first-order valence-electron chi connectivity index (χ1n) is 5.12. The van der Waals surface area contributed by atoms with Gasteiger partial charge >= 0.3 is 0 Å². The monoisotopic (exact) mass is 305 g/mol. The van der Waals surface area contributed by atoms with E-state index in [-0.39, 0.29) is 10.9 Å². The summed E-state index contributed by atoms with van der Waals surface area (Å²) in [5.41, 5.74) is -0.0309. The van der Waals surface area contributed by atoms with Crippen LogP contribution in [0.3, 0.4) is 0 Å². The van der Waals surface area contributed by atoms with Gasteiger partial charge in [0.25, 0.3) is 0 Å². The summed E-state index contributed by atoms with van der Waals surface area (Å²) in [6, 6.07) is 0. The van der Waals surface area contributed by atoms with Crippen LogP contribution in [0, 0.1) is 0 Å².